The summed E-state index contributed by atoms with van der Waals surface area (Å²) in [5.74, 6) is -1.18. The highest BCUT2D eigenvalue weighted by Crippen LogP contribution is 2.30. The SMILES string of the molecule is CCCCc1ccc(OS(=O)(=O)C(F)(F)F)c(C(C)=O)c1. The van der Waals surface area contributed by atoms with Crippen molar-refractivity contribution < 1.29 is 30.6 Å². The molecule has 0 heterocycles. The topological polar surface area (TPSA) is 60.4 Å². The maximum absolute atomic E-state index is 12.3. The van der Waals surface area contributed by atoms with Crippen LogP contribution < -0.4 is 4.18 Å². The van der Waals surface area contributed by atoms with Crippen LogP contribution in [0.25, 0.3) is 0 Å². The highest BCUT2D eigenvalue weighted by molar-refractivity contribution is 7.88. The Balaban J connectivity index is 3.16. The van der Waals surface area contributed by atoms with E-state index in [0.29, 0.717) is 6.42 Å². The van der Waals surface area contributed by atoms with Gasteiger partial charge >= 0.3 is 15.6 Å². The molecule has 0 amide bonds. The zero-order valence-corrected chi connectivity index (χ0v) is 12.3. The maximum Gasteiger partial charge on any atom is 0.534 e. The second-order valence-electron chi connectivity index (χ2n) is 4.47. The average Bonchev–Trinajstić information content (AvgIpc) is 2.35. The first-order valence-corrected chi connectivity index (χ1v) is 7.64. The minimum absolute atomic E-state index is 0.184. The molecule has 0 radical (unpaired) electrons. The molecule has 21 heavy (non-hydrogen) atoms. The number of carbonyl (C=O) groups is 1. The van der Waals surface area contributed by atoms with E-state index < -0.39 is 27.2 Å². The van der Waals surface area contributed by atoms with Gasteiger partial charge in [0.25, 0.3) is 0 Å². The number of rotatable bonds is 6. The van der Waals surface area contributed by atoms with Crippen LogP contribution in [0.1, 0.15) is 42.6 Å². The third-order valence-electron chi connectivity index (χ3n) is 2.73. The van der Waals surface area contributed by atoms with Gasteiger partial charge in [-0.2, -0.15) is 21.6 Å². The Morgan fingerprint density at radius 3 is 2.38 bits per heavy atom. The molecule has 118 valence electrons. The lowest BCUT2D eigenvalue weighted by Crippen LogP contribution is -2.28. The maximum atomic E-state index is 12.3. The van der Waals surface area contributed by atoms with Gasteiger partial charge in [0.05, 0.1) is 5.56 Å². The number of carbonyl (C=O) groups excluding carboxylic acids is 1. The molecule has 0 saturated carbocycles. The molecule has 1 rings (SSSR count). The molecule has 0 aliphatic heterocycles. The van der Waals surface area contributed by atoms with E-state index >= 15 is 0 Å². The van der Waals surface area contributed by atoms with Gasteiger partial charge in [0.1, 0.15) is 0 Å². The smallest absolute Gasteiger partial charge is 0.375 e. The molecule has 0 aliphatic rings. The standard InChI is InChI=1S/C13H15F3O4S/c1-3-4-5-10-6-7-12(11(8-10)9(2)17)20-21(18,19)13(14,15)16/h6-8H,3-5H2,1-2H3. The Kier molecular flexibility index (Phi) is 5.38. The summed E-state index contributed by atoms with van der Waals surface area (Å²) in [6.07, 6.45) is 2.40. The van der Waals surface area contributed by atoms with Crippen molar-refractivity contribution in [2.24, 2.45) is 0 Å². The van der Waals surface area contributed by atoms with E-state index in [0.717, 1.165) is 31.4 Å². The van der Waals surface area contributed by atoms with Gasteiger partial charge in [-0.3, -0.25) is 4.79 Å². The second-order valence-corrected chi connectivity index (χ2v) is 6.01. The van der Waals surface area contributed by atoms with Crippen LogP contribution in [0.4, 0.5) is 13.2 Å². The predicted octanol–water partition coefficient (Wildman–Crippen LogP) is 3.46. The predicted molar refractivity (Wildman–Crippen MR) is 70.7 cm³/mol. The number of aryl methyl sites for hydroxylation is 1. The van der Waals surface area contributed by atoms with Gasteiger partial charge in [-0.1, -0.05) is 19.4 Å². The fourth-order valence-corrected chi connectivity index (χ4v) is 2.10. The summed E-state index contributed by atoms with van der Waals surface area (Å²) in [6, 6.07) is 3.88. The van der Waals surface area contributed by atoms with E-state index in [-0.39, 0.29) is 5.56 Å². The quantitative estimate of drug-likeness (QED) is 0.457. The van der Waals surface area contributed by atoms with E-state index in [1.807, 2.05) is 6.92 Å². The molecule has 0 aromatic heterocycles. The lowest BCUT2D eigenvalue weighted by molar-refractivity contribution is -0.0500. The summed E-state index contributed by atoms with van der Waals surface area (Å²) in [5, 5.41) is 0. The summed E-state index contributed by atoms with van der Waals surface area (Å²) in [4.78, 5) is 11.5. The molecule has 4 nitrogen and oxygen atoms in total. The Bertz CT molecular complexity index is 621. The number of benzene rings is 1. The van der Waals surface area contributed by atoms with Crippen molar-refractivity contribution in [1.82, 2.24) is 0 Å². The first kappa shape index (κ1) is 17.5. The number of Topliss-reactive ketones (excluding diaryl/α,β-unsaturated/α-hetero) is 1. The summed E-state index contributed by atoms with van der Waals surface area (Å²) in [7, 11) is -5.79. The average molecular weight is 324 g/mol. The number of alkyl halides is 3. The highest BCUT2D eigenvalue weighted by atomic mass is 32.2. The van der Waals surface area contributed by atoms with Crippen molar-refractivity contribution >= 4 is 15.9 Å². The molecule has 0 N–H and O–H groups in total. The van der Waals surface area contributed by atoms with Crippen LogP contribution >= 0.6 is 0 Å². The Labute approximate surface area is 121 Å². The molecule has 0 saturated heterocycles. The number of unbranched alkanes of at least 4 members (excludes halogenated alkanes) is 1. The molecule has 0 unspecified atom stereocenters. The van der Waals surface area contributed by atoms with E-state index in [1.165, 1.54) is 12.1 Å². The number of hydrogen-bond donors (Lipinski definition) is 0. The van der Waals surface area contributed by atoms with Crippen LogP contribution in [0.15, 0.2) is 18.2 Å². The van der Waals surface area contributed by atoms with E-state index in [4.69, 9.17) is 0 Å². The number of hydrogen-bond acceptors (Lipinski definition) is 4. The van der Waals surface area contributed by atoms with Gasteiger partial charge in [-0.15, -0.1) is 0 Å². The zero-order chi connectivity index (χ0) is 16.3. The van der Waals surface area contributed by atoms with Gasteiger partial charge in [0.2, 0.25) is 0 Å². The second kappa shape index (κ2) is 6.46. The molecular formula is C13H15F3O4S. The van der Waals surface area contributed by atoms with Gasteiger partial charge in [0.15, 0.2) is 11.5 Å². The molecule has 0 aliphatic carbocycles. The molecule has 0 fully saturated rings. The normalized spacial score (nSPS) is 12.2. The zero-order valence-electron chi connectivity index (χ0n) is 11.5. The summed E-state index contributed by atoms with van der Waals surface area (Å²) in [5.41, 5.74) is -4.99. The van der Waals surface area contributed by atoms with Crippen molar-refractivity contribution in [2.45, 2.75) is 38.6 Å². The molecule has 8 heteroatoms. The third kappa shape index (κ3) is 4.45. The fourth-order valence-electron chi connectivity index (χ4n) is 1.63. The number of halogens is 3. The number of ketones is 1. The van der Waals surface area contributed by atoms with E-state index in [1.54, 1.807) is 0 Å². The molecule has 0 spiro atoms. The van der Waals surface area contributed by atoms with Crippen LogP contribution in [0.3, 0.4) is 0 Å². The lowest BCUT2D eigenvalue weighted by atomic mass is 10.0. The van der Waals surface area contributed by atoms with Crippen LogP contribution in [0, 0.1) is 0 Å². The van der Waals surface area contributed by atoms with Gasteiger partial charge < -0.3 is 4.18 Å². The molecule has 1 aromatic carbocycles. The first-order chi connectivity index (χ1) is 9.58. The lowest BCUT2D eigenvalue weighted by Gasteiger charge is -2.13. The Morgan fingerprint density at radius 2 is 1.90 bits per heavy atom. The van der Waals surface area contributed by atoms with Crippen molar-refractivity contribution in [1.29, 1.82) is 0 Å². The fraction of sp³-hybridized carbons (Fsp3) is 0.462. The molecule has 1 aromatic rings. The third-order valence-corrected chi connectivity index (χ3v) is 3.69. The molecule has 0 atom stereocenters. The summed E-state index contributed by atoms with van der Waals surface area (Å²) >= 11 is 0. The van der Waals surface area contributed by atoms with Crippen molar-refractivity contribution in [2.75, 3.05) is 0 Å². The first-order valence-electron chi connectivity index (χ1n) is 6.23. The van der Waals surface area contributed by atoms with Crippen molar-refractivity contribution in [3.63, 3.8) is 0 Å². The molecule has 0 bridgehead atoms. The Morgan fingerprint density at radius 1 is 1.29 bits per heavy atom. The van der Waals surface area contributed by atoms with Gasteiger partial charge in [-0.05, 0) is 37.5 Å². The van der Waals surface area contributed by atoms with Crippen molar-refractivity contribution in [3.05, 3.63) is 29.3 Å². The monoisotopic (exact) mass is 324 g/mol. The summed E-state index contributed by atoms with van der Waals surface area (Å²) < 4.78 is 62.9. The molecular weight excluding hydrogens is 309 g/mol. The van der Waals surface area contributed by atoms with Gasteiger partial charge in [-0.25, -0.2) is 0 Å². The minimum atomic E-state index is -5.79. The van der Waals surface area contributed by atoms with Crippen LogP contribution in [-0.4, -0.2) is 19.7 Å². The van der Waals surface area contributed by atoms with Crippen LogP contribution in [-0.2, 0) is 16.5 Å². The van der Waals surface area contributed by atoms with Crippen LogP contribution in [0.5, 0.6) is 5.75 Å². The van der Waals surface area contributed by atoms with Crippen LogP contribution in [0.2, 0.25) is 0 Å². The largest absolute Gasteiger partial charge is 0.534 e. The van der Waals surface area contributed by atoms with E-state index in [9.17, 15) is 26.4 Å². The van der Waals surface area contributed by atoms with E-state index in [2.05, 4.69) is 4.18 Å². The highest BCUT2D eigenvalue weighted by Gasteiger charge is 2.48. The Hall–Kier alpha value is -1.57. The minimum Gasteiger partial charge on any atom is -0.375 e. The van der Waals surface area contributed by atoms with Gasteiger partial charge in [0, 0.05) is 0 Å². The van der Waals surface area contributed by atoms with Crippen molar-refractivity contribution in [3.8, 4) is 5.75 Å². The summed E-state index contributed by atoms with van der Waals surface area (Å²) in [6.45, 7) is 3.10.